The first-order valence-electron chi connectivity index (χ1n) is 5.73. The average molecular weight is 242 g/mol. The van der Waals surface area contributed by atoms with E-state index in [2.05, 4.69) is 10.2 Å². The van der Waals surface area contributed by atoms with Crippen LogP contribution in [0.25, 0.3) is 0 Å². The summed E-state index contributed by atoms with van der Waals surface area (Å²) in [5.74, 6) is -2.75. The molecule has 1 heterocycles. The highest BCUT2D eigenvalue weighted by molar-refractivity contribution is 5.36. The minimum absolute atomic E-state index is 0.118. The summed E-state index contributed by atoms with van der Waals surface area (Å²) in [6, 6.07) is 2.39. The highest BCUT2D eigenvalue weighted by Crippen LogP contribution is 2.31. The summed E-state index contributed by atoms with van der Waals surface area (Å²) in [5, 5.41) is 12.8. The summed E-state index contributed by atoms with van der Waals surface area (Å²) in [6.45, 7) is 5.29. The van der Waals surface area contributed by atoms with Crippen molar-refractivity contribution in [2.24, 2.45) is 0 Å². The molecule has 1 aliphatic heterocycles. The maximum Gasteiger partial charge on any atom is 0.200 e. The van der Waals surface area contributed by atoms with Crippen molar-refractivity contribution in [3.63, 3.8) is 0 Å². The highest BCUT2D eigenvalue weighted by atomic mass is 19.2. The predicted octanol–water partition coefficient (Wildman–Crippen LogP) is 1.64. The van der Waals surface area contributed by atoms with Crippen molar-refractivity contribution in [2.45, 2.75) is 13.0 Å². The molecule has 1 atom stereocenters. The molecule has 1 fully saturated rings. The predicted molar refractivity (Wildman–Crippen MR) is 60.9 cm³/mol. The first-order chi connectivity index (χ1) is 8.11. The van der Waals surface area contributed by atoms with Crippen LogP contribution in [0.5, 0.6) is 5.75 Å². The van der Waals surface area contributed by atoms with Gasteiger partial charge in [0.15, 0.2) is 11.6 Å². The molecule has 1 aromatic carbocycles. The fourth-order valence-corrected chi connectivity index (χ4v) is 2.16. The van der Waals surface area contributed by atoms with Crippen LogP contribution in [0.15, 0.2) is 12.1 Å². The van der Waals surface area contributed by atoms with Gasteiger partial charge >= 0.3 is 0 Å². The van der Waals surface area contributed by atoms with Gasteiger partial charge in [-0.3, -0.25) is 4.90 Å². The van der Waals surface area contributed by atoms with Crippen LogP contribution in [0.1, 0.15) is 18.5 Å². The Bertz CT molecular complexity index is 406. The molecule has 1 aromatic rings. The second-order valence-corrected chi connectivity index (χ2v) is 4.26. The number of halogens is 2. The van der Waals surface area contributed by atoms with Crippen molar-refractivity contribution in [3.05, 3.63) is 29.3 Å². The van der Waals surface area contributed by atoms with Crippen molar-refractivity contribution >= 4 is 0 Å². The largest absolute Gasteiger partial charge is 0.505 e. The lowest BCUT2D eigenvalue weighted by atomic mass is 10.0. The van der Waals surface area contributed by atoms with Crippen LogP contribution in [0, 0.1) is 11.6 Å². The Balaban J connectivity index is 2.24. The zero-order valence-electron chi connectivity index (χ0n) is 9.71. The number of aromatic hydroxyl groups is 1. The van der Waals surface area contributed by atoms with Gasteiger partial charge in [-0.05, 0) is 13.0 Å². The molecule has 0 radical (unpaired) electrons. The topological polar surface area (TPSA) is 35.5 Å². The standard InChI is InChI=1S/C12H16F2N2O/c1-8(16-6-4-15-5-7-16)9-2-3-10(13)11(14)12(9)17/h2-3,8,15,17H,4-7H2,1H3/t8-/m1/s1. The van der Waals surface area contributed by atoms with Crippen molar-refractivity contribution in [1.82, 2.24) is 10.2 Å². The molecule has 0 unspecified atom stereocenters. The molecule has 1 saturated heterocycles. The molecule has 0 spiro atoms. The van der Waals surface area contributed by atoms with Crippen LogP contribution in [0.3, 0.4) is 0 Å². The number of hydrogen-bond donors (Lipinski definition) is 2. The summed E-state index contributed by atoms with van der Waals surface area (Å²) in [7, 11) is 0. The Morgan fingerprint density at radius 2 is 1.94 bits per heavy atom. The van der Waals surface area contributed by atoms with E-state index in [4.69, 9.17) is 0 Å². The minimum Gasteiger partial charge on any atom is -0.505 e. The van der Waals surface area contributed by atoms with Gasteiger partial charge in [-0.15, -0.1) is 0 Å². The van der Waals surface area contributed by atoms with E-state index < -0.39 is 17.4 Å². The summed E-state index contributed by atoms with van der Waals surface area (Å²) in [4.78, 5) is 2.13. The van der Waals surface area contributed by atoms with Gasteiger partial charge in [-0.25, -0.2) is 4.39 Å². The Morgan fingerprint density at radius 3 is 2.59 bits per heavy atom. The van der Waals surface area contributed by atoms with Gasteiger partial charge in [-0.1, -0.05) is 6.07 Å². The molecule has 94 valence electrons. The fourth-order valence-electron chi connectivity index (χ4n) is 2.16. The molecular weight excluding hydrogens is 226 g/mol. The van der Waals surface area contributed by atoms with Crippen LogP contribution < -0.4 is 5.32 Å². The van der Waals surface area contributed by atoms with E-state index in [1.807, 2.05) is 6.92 Å². The molecule has 0 bridgehead atoms. The molecule has 0 aliphatic carbocycles. The van der Waals surface area contributed by atoms with Gasteiger partial charge in [0.25, 0.3) is 0 Å². The molecule has 0 aromatic heterocycles. The third-order valence-corrected chi connectivity index (χ3v) is 3.25. The summed E-state index contributed by atoms with van der Waals surface area (Å²) >= 11 is 0. The number of phenolic OH excluding ortho intramolecular Hbond substituents is 1. The quantitative estimate of drug-likeness (QED) is 0.827. The van der Waals surface area contributed by atoms with Crippen LogP contribution >= 0.6 is 0 Å². The zero-order valence-corrected chi connectivity index (χ0v) is 9.71. The molecule has 3 nitrogen and oxygen atoms in total. The number of piperazine rings is 1. The number of benzene rings is 1. The number of rotatable bonds is 2. The zero-order chi connectivity index (χ0) is 12.4. The van der Waals surface area contributed by atoms with E-state index >= 15 is 0 Å². The minimum atomic E-state index is -1.16. The van der Waals surface area contributed by atoms with Crippen LogP contribution in [-0.2, 0) is 0 Å². The van der Waals surface area contributed by atoms with Gasteiger partial charge in [0.1, 0.15) is 0 Å². The maximum atomic E-state index is 13.3. The van der Waals surface area contributed by atoms with Gasteiger partial charge in [0.05, 0.1) is 0 Å². The number of hydrogen-bond acceptors (Lipinski definition) is 3. The van der Waals surface area contributed by atoms with Crippen LogP contribution in [0.2, 0.25) is 0 Å². The van der Waals surface area contributed by atoms with Crippen molar-refractivity contribution in [1.29, 1.82) is 0 Å². The van der Waals surface area contributed by atoms with E-state index in [9.17, 15) is 13.9 Å². The lowest BCUT2D eigenvalue weighted by Crippen LogP contribution is -2.44. The van der Waals surface area contributed by atoms with Crippen molar-refractivity contribution in [3.8, 4) is 5.75 Å². The van der Waals surface area contributed by atoms with Gasteiger partial charge in [0, 0.05) is 37.8 Å². The lowest BCUT2D eigenvalue weighted by Gasteiger charge is -2.33. The summed E-state index contributed by atoms with van der Waals surface area (Å²) < 4.78 is 26.2. The SMILES string of the molecule is C[C@H](c1ccc(F)c(F)c1O)N1CCNCC1. The number of phenols is 1. The number of nitrogens with one attached hydrogen (secondary N) is 1. The summed E-state index contributed by atoms with van der Waals surface area (Å²) in [6.07, 6.45) is 0. The molecule has 5 heteroatoms. The highest BCUT2D eigenvalue weighted by Gasteiger charge is 2.23. The Hall–Kier alpha value is -1.20. The Kier molecular flexibility index (Phi) is 3.59. The first-order valence-corrected chi connectivity index (χ1v) is 5.73. The molecule has 17 heavy (non-hydrogen) atoms. The first kappa shape index (κ1) is 12.3. The van der Waals surface area contributed by atoms with E-state index in [-0.39, 0.29) is 6.04 Å². The Morgan fingerprint density at radius 1 is 1.29 bits per heavy atom. The molecular formula is C12H16F2N2O. The van der Waals surface area contributed by atoms with Crippen LogP contribution in [0.4, 0.5) is 8.78 Å². The molecule has 2 rings (SSSR count). The van der Waals surface area contributed by atoms with E-state index in [0.717, 1.165) is 32.2 Å². The molecule has 0 saturated carbocycles. The van der Waals surface area contributed by atoms with Gasteiger partial charge in [-0.2, -0.15) is 4.39 Å². The molecule has 1 aliphatic rings. The Labute approximate surface area is 99.1 Å². The van der Waals surface area contributed by atoms with Gasteiger partial charge in [0.2, 0.25) is 5.82 Å². The van der Waals surface area contributed by atoms with Crippen molar-refractivity contribution in [2.75, 3.05) is 26.2 Å². The maximum absolute atomic E-state index is 13.3. The fraction of sp³-hybridized carbons (Fsp3) is 0.500. The second kappa shape index (κ2) is 4.98. The average Bonchev–Trinajstić information content (AvgIpc) is 2.36. The smallest absolute Gasteiger partial charge is 0.200 e. The summed E-state index contributed by atoms with van der Waals surface area (Å²) in [5.41, 5.74) is 0.436. The third-order valence-electron chi connectivity index (χ3n) is 3.25. The second-order valence-electron chi connectivity index (χ2n) is 4.26. The monoisotopic (exact) mass is 242 g/mol. The number of nitrogens with zero attached hydrogens (tertiary/aromatic N) is 1. The normalized spacial score (nSPS) is 19.2. The third kappa shape index (κ3) is 2.40. The van der Waals surface area contributed by atoms with E-state index in [1.165, 1.54) is 6.07 Å². The lowest BCUT2D eigenvalue weighted by molar-refractivity contribution is 0.182. The van der Waals surface area contributed by atoms with E-state index in [0.29, 0.717) is 5.56 Å². The van der Waals surface area contributed by atoms with E-state index in [1.54, 1.807) is 0 Å². The van der Waals surface area contributed by atoms with Crippen LogP contribution in [-0.4, -0.2) is 36.2 Å². The van der Waals surface area contributed by atoms with Crippen molar-refractivity contribution < 1.29 is 13.9 Å². The van der Waals surface area contributed by atoms with Gasteiger partial charge < -0.3 is 10.4 Å². The molecule has 2 N–H and O–H groups in total. The molecule has 0 amide bonds.